The number of aliphatic hydroxyl groups is 1. The maximum Gasteiger partial charge on any atom is 0.350 e. The van der Waals surface area contributed by atoms with Crippen LogP contribution < -0.4 is 5.69 Å². The molecule has 0 fully saturated rings. The van der Waals surface area contributed by atoms with Gasteiger partial charge in [0.1, 0.15) is 0 Å². The quantitative estimate of drug-likeness (QED) is 0.684. The van der Waals surface area contributed by atoms with Crippen LogP contribution >= 0.6 is 0 Å². The van der Waals surface area contributed by atoms with Crippen molar-refractivity contribution in [2.45, 2.75) is 19.6 Å². The summed E-state index contributed by atoms with van der Waals surface area (Å²) in [6.07, 6.45) is 3.97. The van der Waals surface area contributed by atoms with E-state index in [1.54, 1.807) is 13.1 Å². The first-order valence-electron chi connectivity index (χ1n) is 4.26. The minimum Gasteiger partial charge on any atom is -0.391 e. The van der Waals surface area contributed by atoms with Crippen LogP contribution in [-0.2, 0) is 6.54 Å². The predicted octanol–water partition coefficient (Wildman–Crippen LogP) is -0.728. The lowest BCUT2D eigenvalue weighted by Crippen LogP contribution is -2.25. The van der Waals surface area contributed by atoms with Gasteiger partial charge in [0, 0.05) is 12.4 Å². The molecule has 0 aliphatic rings. The Labute approximate surface area is 79.4 Å². The third-order valence-corrected chi connectivity index (χ3v) is 1.83. The molecule has 2 heterocycles. The van der Waals surface area contributed by atoms with Crippen LogP contribution in [-0.4, -0.2) is 30.4 Å². The van der Waals surface area contributed by atoms with Gasteiger partial charge in [0.15, 0.2) is 5.65 Å². The number of hydrogen-bond donors (Lipinski definition) is 1. The first kappa shape index (κ1) is 8.89. The predicted molar refractivity (Wildman–Crippen MR) is 48.9 cm³/mol. The second kappa shape index (κ2) is 3.22. The lowest BCUT2D eigenvalue weighted by atomic mass is 10.4. The smallest absolute Gasteiger partial charge is 0.350 e. The highest BCUT2D eigenvalue weighted by molar-refractivity contribution is 5.31. The molecule has 1 atom stereocenters. The van der Waals surface area contributed by atoms with Crippen molar-refractivity contribution in [1.29, 1.82) is 0 Å². The first-order valence-corrected chi connectivity index (χ1v) is 4.26. The van der Waals surface area contributed by atoms with Gasteiger partial charge in [-0.3, -0.25) is 4.98 Å². The Balaban J connectivity index is 2.57. The van der Waals surface area contributed by atoms with E-state index in [0.717, 1.165) is 0 Å². The zero-order valence-corrected chi connectivity index (χ0v) is 7.66. The van der Waals surface area contributed by atoms with Crippen molar-refractivity contribution in [1.82, 2.24) is 19.2 Å². The molecule has 0 spiro atoms. The molecular weight excluding hydrogens is 184 g/mol. The molecule has 6 nitrogen and oxygen atoms in total. The number of aromatic nitrogens is 4. The average Bonchev–Trinajstić information content (AvgIpc) is 2.44. The summed E-state index contributed by atoms with van der Waals surface area (Å²) in [6.45, 7) is 1.80. The van der Waals surface area contributed by atoms with Gasteiger partial charge in [0.05, 0.1) is 18.8 Å². The summed E-state index contributed by atoms with van der Waals surface area (Å²) in [5, 5.41) is 13.1. The molecule has 0 bridgehead atoms. The van der Waals surface area contributed by atoms with Crippen LogP contribution in [0.2, 0.25) is 0 Å². The molecule has 1 N–H and O–H groups in total. The molecule has 6 heteroatoms. The van der Waals surface area contributed by atoms with Crippen LogP contribution in [0.4, 0.5) is 0 Å². The van der Waals surface area contributed by atoms with Crippen molar-refractivity contribution >= 4 is 5.65 Å². The fraction of sp³-hybridized carbons (Fsp3) is 0.375. The Kier molecular flexibility index (Phi) is 2.05. The molecule has 0 radical (unpaired) electrons. The Hall–Kier alpha value is -1.69. The standard InChI is InChI=1S/C8H10N4O2/c1-6(13)5-12-8(14)11-3-2-9-4-7(11)10-12/h2-4,6,13H,5H2,1H3/t6-/m1/s1. The molecule has 0 aromatic carbocycles. The van der Waals surface area contributed by atoms with Crippen molar-refractivity contribution in [3.8, 4) is 0 Å². The van der Waals surface area contributed by atoms with E-state index in [1.165, 1.54) is 21.5 Å². The van der Waals surface area contributed by atoms with Crippen LogP contribution in [0.3, 0.4) is 0 Å². The molecule has 2 rings (SSSR count). The molecule has 0 saturated carbocycles. The number of rotatable bonds is 2. The van der Waals surface area contributed by atoms with Crippen LogP contribution in [0.5, 0.6) is 0 Å². The van der Waals surface area contributed by atoms with Gasteiger partial charge < -0.3 is 5.11 Å². The van der Waals surface area contributed by atoms with E-state index in [0.29, 0.717) is 5.65 Å². The summed E-state index contributed by atoms with van der Waals surface area (Å²) in [6, 6.07) is 0. The van der Waals surface area contributed by atoms with Gasteiger partial charge in [0.2, 0.25) is 0 Å². The third-order valence-electron chi connectivity index (χ3n) is 1.83. The van der Waals surface area contributed by atoms with Crippen molar-refractivity contribution in [3.05, 3.63) is 29.1 Å². The van der Waals surface area contributed by atoms with Crippen molar-refractivity contribution in [3.63, 3.8) is 0 Å². The summed E-state index contributed by atoms with van der Waals surface area (Å²) in [7, 11) is 0. The van der Waals surface area contributed by atoms with E-state index in [9.17, 15) is 4.79 Å². The largest absolute Gasteiger partial charge is 0.391 e. The van der Waals surface area contributed by atoms with E-state index < -0.39 is 6.10 Å². The van der Waals surface area contributed by atoms with Gasteiger partial charge in [0.25, 0.3) is 0 Å². The molecule has 74 valence electrons. The highest BCUT2D eigenvalue weighted by atomic mass is 16.3. The van der Waals surface area contributed by atoms with Crippen LogP contribution in [0.1, 0.15) is 6.92 Å². The average molecular weight is 194 g/mol. The van der Waals surface area contributed by atoms with Gasteiger partial charge in [-0.15, -0.1) is 5.10 Å². The van der Waals surface area contributed by atoms with Gasteiger partial charge in [-0.2, -0.15) is 0 Å². The highest BCUT2D eigenvalue weighted by Crippen LogP contribution is 1.93. The maximum absolute atomic E-state index is 11.6. The lowest BCUT2D eigenvalue weighted by Gasteiger charge is -2.00. The maximum atomic E-state index is 11.6. The van der Waals surface area contributed by atoms with Crippen molar-refractivity contribution in [2.24, 2.45) is 0 Å². The first-order chi connectivity index (χ1) is 6.68. The topological polar surface area (TPSA) is 72.4 Å². The zero-order chi connectivity index (χ0) is 10.1. The van der Waals surface area contributed by atoms with Gasteiger partial charge in [-0.05, 0) is 6.92 Å². The van der Waals surface area contributed by atoms with Crippen molar-refractivity contribution < 1.29 is 5.11 Å². The summed E-state index contributed by atoms with van der Waals surface area (Å²) in [4.78, 5) is 15.4. The molecular formula is C8H10N4O2. The monoisotopic (exact) mass is 194 g/mol. The Morgan fingerprint density at radius 1 is 1.64 bits per heavy atom. The van der Waals surface area contributed by atoms with E-state index >= 15 is 0 Å². The van der Waals surface area contributed by atoms with E-state index in [2.05, 4.69) is 10.1 Å². The molecule has 0 aliphatic heterocycles. The summed E-state index contributed by atoms with van der Waals surface area (Å²) >= 11 is 0. The minimum absolute atomic E-state index is 0.195. The summed E-state index contributed by atoms with van der Waals surface area (Å²) in [5.41, 5.74) is 0.224. The van der Waals surface area contributed by atoms with Gasteiger partial charge in [-0.1, -0.05) is 0 Å². The van der Waals surface area contributed by atoms with Gasteiger partial charge in [-0.25, -0.2) is 13.9 Å². The second-order valence-corrected chi connectivity index (χ2v) is 3.12. The SMILES string of the molecule is C[C@@H](O)Cn1nc2cnccn2c1=O. The number of nitrogens with zero attached hydrogens (tertiary/aromatic N) is 4. The van der Waals surface area contributed by atoms with Gasteiger partial charge >= 0.3 is 5.69 Å². The van der Waals surface area contributed by atoms with E-state index in [-0.39, 0.29) is 12.2 Å². The lowest BCUT2D eigenvalue weighted by molar-refractivity contribution is 0.167. The molecule has 0 saturated heterocycles. The van der Waals surface area contributed by atoms with E-state index in [4.69, 9.17) is 5.11 Å². The van der Waals surface area contributed by atoms with Crippen LogP contribution in [0.15, 0.2) is 23.4 Å². The Morgan fingerprint density at radius 2 is 2.43 bits per heavy atom. The molecule has 14 heavy (non-hydrogen) atoms. The second-order valence-electron chi connectivity index (χ2n) is 3.12. The summed E-state index contributed by atoms with van der Waals surface area (Å²) < 4.78 is 2.61. The number of fused-ring (bicyclic) bond motifs is 1. The molecule has 0 unspecified atom stereocenters. The third kappa shape index (κ3) is 1.39. The number of hydrogen-bond acceptors (Lipinski definition) is 4. The molecule has 0 amide bonds. The minimum atomic E-state index is -0.592. The fourth-order valence-electron chi connectivity index (χ4n) is 1.25. The molecule has 0 aliphatic carbocycles. The zero-order valence-electron chi connectivity index (χ0n) is 7.66. The molecule has 2 aromatic rings. The number of aliphatic hydroxyl groups excluding tert-OH is 1. The Bertz CT molecular complexity index is 499. The fourth-order valence-corrected chi connectivity index (χ4v) is 1.25. The molecule has 2 aromatic heterocycles. The van der Waals surface area contributed by atoms with Crippen LogP contribution in [0.25, 0.3) is 5.65 Å². The van der Waals surface area contributed by atoms with E-state index in [1.807, 2.05) is 0 Å². The Morgan fingerprint density at radius 3 is 3.07 bits per heavy atom. The summed E-state index contributed by atoms with van der Waals surface area (Å²) in [5.74, 6) is 0. The van der Waals surface area contributed by atoms with Crippen LogP contribution in [0, 0.1) is 0 Å². The highest BCUT2D eigenvalue weighted by Gasteiger charge is 2.07. The normalized spacial score (nSPS) is 13.3. The van der Waals surface area contributed by atoms with Crippen molar-refractivity contribution in [2.75, 3.05) is 0 Å².